The number of nitrogen functional groups attached to an aromatic ring is 1. The zero-order valence-electron chi connectivity index (χ0n) is 12.3. The van der Waals surface area contributed by atoms with Crippen molar-refractivity contribution in [3.63, 3.8) is 0 Å². The van der Waals surface area contributed by atoms with E-state index in [9.17, 15) is 8.78 Å². The van der Waals surface area contributed by atoms with Crippen LogP contribution in [-0.4, -0.2) is 19.6 Å². The molecule has 1 aromatic carbocycles. The lowest BCUT2D eigenvalue weighted by Crippen LogP contribution is -2.09. The fraction of sp³-hybridized carbons (Fsp3) is 0.0625. The fourth-order valence-electron chi connectivity index (χ4n) is 2.44. The average Bonchev–Trinajstić information content (AvgIpc) is 3.20. The summed E-state index contributed by atoms with van der Waals surface area (Å²) in [5.74, 6) is -0.911. The van der Waals surface area contributed by atoms with Crippen LogP contribution in [-0.2, 0) is 6.42 Å². The van der Waals surface area contributed by atoms with Crippen LogP contribution < -0.4 is 5.73 Å². The first-order chi connectivity index (χ1) is 11.6. The maximum absolute atomic E-state index is 13.8. The van der Waals surface area contributed by atoms with Crippen LogP contribution in [0.4, 0.5) is 14.7 Å². The maximum atomic E-state index is 13.8. The van der Waals surface area contributed by atoms with Crippen molar-refractivity contribution in [1.29, 1.82) is 0 Å². The molecule has 120 valence electrons. The summed E-state index contributed by atoms with van der Waals surface area (Å²) in [7, 11) is 0. The lowest BCUT2D eigenvalue weighted by molar-refractivity contribution is 0.559. The van der Waals surface area contributed by atoms with Gasteiger partial charge in [-0.2, -0.15) is 14.6 Å². The summed E-state index contributed by atoms with van der Waals surface area (Å²) in [6.07, 6.45) is -0.0846. The van der Waals surface area contributed by atoms with Gasteiger partial charge in [0.1, 0.15) is 23.2 Å². The van der Waals surface area contributed by atoms with Gasteiger partial charge >= 0.3 is 0 Å². The summed E-state index contributed by atoms with van der Waals surface area (Å²) in [5, 5.41) is 6.31. The third-order valence-electron chi connectivity index (χ3n) is 3.56. The normalized spacial score (nSPS) is 11.2. The van der Waals surface area contributed by atoms with Crippen molar-refractivity contribution in [2.45, 2.75) is 6.42 Å². The summed E-state index contributed by atoms with van der Waals surface area (Å²) >= 11 is 1.54. The van der Waals surface area contributed by atoms with Crippen molar-refractivity contribution in [2.24, 2.45) is 0 Å². The zero-order valence-corrected chi connectivity index (χ0v) is 13.1. The van der Waals surface area contributed by atoms with E-state index < -0.39 is 11.6 Å². The molecule has 0 radical (unpaired) electrons. The van der Waals surface area contributed by atoms with Gasteiger partial charge in [0, 0.05) is 18.1 Å². The molecule has 0 bridgehead atoms. The molecule has 24 heavy (non-hydrogen) atoms. The van der Waals surface area contributed by atoms with E-state index in [4.69, 9.17) is 5.73 Å². The highest BCUT2D eigenvalue weighted by atomic mass is 32.1. The summed E-state index contributed by atoms with van der Waals surface area (Å²) in [6, 6.07) is 9.35. The van der Waals surface area contributed by atoms with Crippen LogP contribution in [0.2, 0.25) is 0 Å². The quantitative estimate of drug-likeness (QED) is 0.620. The smallest absolute Gasteiger partial charge is 0.224 e. The molecule has 0 saturated heterocycles. The van der Waals surface area contributed by atoms with Gasteiger partial charge in [-0.25, -0.2) is 13.8 Å². The van der Waals surface area contributed by atoms with Gasteiger partial charge in [-0.3, -0.25) is 0 Å². The van der Waals surface area contributed by atoms with E-state index in [0.29, 0.717) is 5.65 Å². The van der Waals surface area contributed by atoms with Gasteiger partial charge < -0.3 is 5.73 Å². The van der Waals surface area contributed by atoms with E-state index >= 15 is 0 Å². The number of aromatic nitrogens is 4. The van der Waals surface area contributed by atoms with Crippen molar-refractivity contribution < 1.29 is 8.78 Å². The Kier molecular flexibility index (Phi) is 3.46. The predicted molar refractivity (Wildman–Crippen MR) is 87.7 cm³/mol. The molecule has 0 aliphatic rings. The van der Waals surface area contributed by atoms with Crippen LogP contribution in [0.1, 0.15) is 11.4 Å². The summed E-state index contributed by atoms with van der Waals surface area (Å²) < 4.78 is 29.0. The van der Waals surface area contributed by atoms with Gasteiger partial charge in [0.05, 0.1) is 4.88 Å². The Morgan fingerprint density at radius 1 is 1.08 bits per heavy atom. The largest absolute Gasteiger partial charge is 0.368 e. The summed E-state index contributed by atoms with van der Waals surface area (Å²) in [6.45, 7) is 0. The second kappa shape index (κ2) is 5.64. The van der Waals surface area contributed by atoms with Gasteiger partial charge in [0.2, 0.25) is 5.95 Å². The van der Waals surface area contributed by atoms with Crippen LogP contribution in [0.3, 0.4) is 0 Å². The van der Waals surface area contributed by atoms with Crippen molar-refractivity contribution in [3.05, 3.63) is 64.8 Å². The fourth-order valence-corrected chi connectivity index (χ4v) is 3.12. The van der Waals surface area contributed by atoms with Crippen LogP contribution >= 0.6 is 11.3 Å². The van der Waals surface area contributed by atoms with Gasteiger partial charge in [-0.05, 0) is 23.6 Å². The number of fused-ring (bicyclic) bond motifs is 1. The minimum Gasteiger partial charge on any atom is -0.368 e. The molecule has 0 aliphatic carbocycles. The number of hydrogen-bond acceptors (Lipinski definition) is 5. The molecule has 4 aromatic rings. The van der Waals surface area contributed by atoms with E-state index in [-0.39, 0.29) is 23.8 Å². The molecule has 3 heterocycles. The van der Waals surface area contributed by atoms with E-state index in [0.717, 1.165) is 10.6 Å². The lowest BCUT2D eigenvalue weighted by atomic mass is 10.1. The van der Waals surface area contributed by atoms with Crippen molar-refractivity contribution in [2.75, 3.05) is 5.73 Å². The predicted octanol–water partition coefficient (Wildman–Crippen LogP) is 3.30. The molecule has 5 nitrogen and oxygen atoms in total. The maximum Gasteiger partial charge on any atom is 0.224 e. The Labute approximate surface area is 139 Å². The Bertz CT molecular complexity index is 1010. The number of halogens is 2. The number of anilines is 1. The van der Waals surface area contributed by atoms with Crippen LogP contribution in [0.5, 0.6) is 0 Å². The number of hydrogen-bond donors (Lipinski definition) is 1. The molecule has 8 heteroatoms. The number of rotatable bonds is 3. The minimum atomic E-state index is -0.634. The van der Waals surface area contributed by atoms with Gasteiger partial charge in [0.15, 0.2) is 5.65 Å². The van der Waals surface area contributed by atoms with Crippen molar-refractivity contribution >= 4 is 22.9 Å². The van der Waals surface area contributed by atoms with E-state index in [1.807, 2.05) is 17.5 Å². The molecule has 0 amide bonds. The van der Waals surface area contributed by atoms with Gasteiger partial charge in [0.25, 0.3) is 0 Å². The second-order valence-corrected chi connectivity index (χ2v) is 6.10. The molecule has 3 aromatic heterocycles. The highest BCUT2D eigenvalue weighted by Gasteiger charge is 2.15. The van der Waals surface area contributed by atoms with Crippen LogP contribution in [0, 0.1) is 11.6 Å². The molecular weight excluding hydrogens is 332 g/mol. The number of nitrogens with zero attached hydrogens (tertiary/aromatic N) is 4. The standard InChI is InChI=1S/C16H11F2N5S/c17-10-3-1-4-11(18)9(10)7-14-20-15-8-12(13-5-2-6-24-13)22-23(15)16(19)21-14/h1-6,8H,7H2,(H2,19,20,21). The average molecular weight is 343 g/mol. The SMILES string of the molecule is Nc1nc(Cc2c(F)cccc2F)nc2cc(-c3cccs3)nn12. The Balaban J connectivity index is 1.77. The monoisotopic (exact) mass is 343 g/mol. The first-order valence-electron chi connectivity index (χ1n) is 7.11. The molecular formula is C16H11F2N5S. The highest BCUT2D eigenvalue weighted by Crippen LogP contribution is 2.25. The summed E-state index contributed by atoms with van der Waals surface area (Å²) in [4.78, 5) is 9.41. The Morgan fingerprint density at radius 2 is 1.88 bits per heavy atom. The molecule has 0 atom stereocenters. The van der Waals surface area contributed by atoms with E-state index in [2.05, 4.69) is 15.1 Å². The van der Waals surface area contributed by atoms with Crippen molar-refractivity contribution in [3.8, 4) is 10.6 Å². The Morgan fingerprint density at radius 3 is 2.58 bits per heavy atom. The van der Waals surface area contributed by atoms with Crippen LogP contribution in [0.15, 0.2) is 41.8 Å². The highest BCUT2D eigenvalue weighted by molar-refractivity contribution is 7.13. The molecule has 4 rings (SSSR count). The van der Waals surface area contributed by atoms with Crippen molar-refractivity contribution in [1.82, 2.24) is 19.6 Å². The van der Waals surface area contributed by atoms with Gasteiger partial charge in [-0.1, -0.05) is 12.1 Å². The van der Waals surface area contributed by atoms with E-state index in [1.165, 1.54) is 22.7 Å². The second-order valence-electron chi connectivity index (χ2n) is 5.15. The minimum absolute atomic E-state index is 0.0840. The molecule has 0 fully saturated rings. The third kappa shape index (κ3) is 2.50. The van der Waals surface area contributed by atoms with Crippen LogP contribution in [0.25, 0.3) is 16.2 Å². The molecule has 0 saturated carbocycles. The van der Waals surface area contributed by atoms with E-state index in [1.54, 1.807) is 17.4 Å². The molecule has 0 unspecified atom stereocenters. The first-order valence-corrected chi connectivity index (χ1v) is 7.99. The lowest BCUT2D eigenvalue weighted by Gasteiger charge is -2.05. The molecule has 0 aliphatic heterocycles. The third-order valence-corrected chi connectivity index (χ3v) is 4.46. The zero-order chi connectivity index (χ0) is 16.7. The Hall–Kier alpha value is -2.87. The molecule has 0 spiro atoms. The topological polar surface area (TPSA) is 69.1 Å². The first kappa shape index (κ1) is 14.7. The number of benzene rings is 1. The number of nitrogens with two attached hydrogens (primary N) is 1. The van der Waals surface area contributed by atoms with Gasteiger partial charge in [-0.15, -0.1) is 11.3 Å². The summed E-state index contributed by atoms with van der Waals surface area (Å²) in [5.41, 5.74) is 7.04. The molecule has 2 N–H and O–H groups in total. The number of thiophene rings is 1.